The Morgan fingerprint density at radius 1 is 1.24 bits per heavy atom. The molecule has 0 aromatic heterocycles. The number of amides is 1. The maximum atomic E-state index is 13.5. The third-order valence-corrected chi connectivity index (χ3v) is 5.82. The monoisotopic (exact) mass is 398 g/mol. The Morgan fingerprint density at radius 3 is 2.76 bits per heavy atom. The average molecular weight is 398 g/mol. The van der Waals surface area contributed by atoms with Gasteiger partial charge in [-0.3, -0.25) is 4.79 Å². The minimum Gasteiger partial charge on any atom is -0.377 e. The van der Waals surface area contributed by atoms with Crippen LogP contribution in [0.15, 0.2) is 48.5 Å². The van der Waals surface area contributed by atoms with E-state index in [1.807, 2.05) is 30.0 Å². The van der Waals surface area contributed by atoms with Crippen molar-refractivity contribution in [3.05, 3.63) is 71.0 Å². The lowest BCUT2D eigenvalue weighted by atomic mass is 9.87. The van der Waals surface area contributed by atoms with Gasteiger partial charge in [-0.25, -0.2) is 4.39 Å². The van der Waals surface area contributed by atoms with Gasteiger partial charge in [0.15, 0.2) is 0 Å². The highest BCUT2D eigenvalue weighted by Gasteiger charge is 2.39. The number of ether oxygens (including phenoxy) is 2. The molecule has 2 aromatic rings. The first-order valence-corrected chi connectivity index (χ1v) is 10.2. The Bertz CT molecular complexity index is 857. The van der Waals surface area contributed by atoms with E-state index in [2.05, 4.69) is 6.07 Å². The van der Waals surface area contributed by atoms with Crippen LogP contribution in [0.3, 0.4) is 0 Å². The third-order valence-electron chi connectivity index (χ3n) is 5.82. The molecule has 2 aromatic carbocycles. The fourth-order valence-corrected chi connectivity index (χ4v) is 4.36. The molecule has 1 amide bonds. The van der Waals surface area contributed by atoms with Crippen molar-refractivity contribution in [1.82, 2.24) is 4.90 Å². The molecule has 0 unspecified atom stereocenters. The van der Waals surface area contributed by atoms with Gasteiger partial charge in [0.2, 0.25) is 0 Å². The predicted octanol–water partition coefficient (Wildman–Crippen LogP) is 2.82. The maximum absolute atomic E-state index is 13.5. The maximum Gasteiger partial charge on any atom is 0.252 e. The topological polar surface area (TPSA) is 64.8 Å². The fourth-order valence-electron chi connectivity index (χ4n) is 4.36. The van der Waals surface area contributed by atoms with E-state index in [9.17, 15) is 9.18 Å². The number of carbonyl (C=O) groups excluding carboxylic acids is 1. The third kappa shape index (κ3) is 4.06. The number of carbonyl (C=O) groups is 1. The molecule has 6 heteroatoms. The van der Waals surface area contributed by atoms with E-state index >= 15 is 0 Å². The van der Waals surface area contributed by atoms with E-state index in [0.29, 0.717) is 26.2 Å². The lowest BCUT2D eigenvalue weighted by Gasteiger charge is -2.41. The van der Waals surface area contributed by atoms with Crippen molar-refractivity contribution in [3.63, 3.8) is 0 Å². The minimum absolute atomic E-state index is 0.0644. The number of hydrogen-bond donors (Lipinski definition) is 1. The molecular formula is C23H27FN2O3. The summed E-state index contributed by atoms with van der Waals surface area (Å²) >= 11 is 0. The van der Waals surface area contributed by atoms with Gasteiger partial charge in [-0.15, -0.1) is 0 Å². The van der Waals surface area contributed by atoms with Gasteiger partial charge in [0.1, 0.15) is 11.9 Å². The Morgan fingerprint density at radius 2 is 2.00 bits per heavy atom. The van der Waals surface area contributed by atoms with Crippen LogP contribution in [0.5, 0.6) is 0 Å². The molecule has 4 rings (SSSR count). The zero-order chi connectivity index (χ0) is 20.4. The SMILES string of the molecule is CCO[C@H]1C[C@H](C(=O)N2CCc3ccccc3[C@@H]2c2ccc(F)cc2)OC[C@H]1N. The normalized spacial score (nSPS) is 26.8. The highest BCUT2D eigenvalue weighted by atomic mass is 19.1. The lowest BCUT2D eigenvalue weighted by Crippen LogP contribution is -2.54. The van der Waals surface area contributed by atoms with Gasteiger partial charge in [0.05, 0.1) is 24.8 Å². The van der Waals surface area contributed by atoms with Gasteiger partial charge < -0.3 is 20.1 Å². The highest BCUT2D eigenvalue weighted by molar-refractivity contribution is 5.82. The molecule has 0 radical (unpaired) electrons. The van der Waals surface area contributed by atoms with Crippen LogP contribution in [0.25, 0.3) is 0 Å². The summed E-state index contributed by atoms with van der Waals surface area (Å²) in [5.74, 6) is -0.356. The zero-order valence-corrected chi connectivity index (χ0v) is 16.6. The molecule has 154 valence electrons. The van der Waals surface area contributed by atoms with Gasteiger partial charge in [-0.05, 0) is 42.2 Å². The van der Waals surface area contributed by atoms with E-state index in [1.165, 1.54) is 17.7 Å². The number of hydrogen-bond acceptors (Lipinski definition) is 4. The van der Waals surface area contributed by atoms with Gasteiger partial charge in [0.25, 0.3) is 5.91 Å². The molecule has 0 bridgehead atoms. The molecule has 0 saturated carbocycles. The quantitative estimate of drug-likeness (QED) is 0.860. The zero-order valence-electron chi connectivity index (χ0n) is 16.6. The van der Waals surface area contributed by atoms with Gasteiger partial charge in [-0.2, -0.15) is 0 Å². The molecule has 1 fully saturated rings. The van der Waals surface area contributed by atoms with Crippen LogP contribution < -0.4 is 5.73 Å². The number of nitrogens with two attached hydrogens (primary N) is 1. The number of benzene rings is 2. The summed E-state index contributed by atoms with van der Waals surface area (Å²) in [5, 5.41) is 0. The van der Waals surface area contributed by atoms with Crippen molar-refractivity contribution in [2.24, 2.45) is 5.73 Å². The molecule has 29 heavy (non-hydrogen) atoms. The second-order valence-corrected chi connectivity index (χ2v) is 7.65. The molecule has 2 N–H and O–H groups in total. The summed E-state index contributed by atoms with van der Waals surface area (Å²) in [6, 6.07) is 14.0. The van der Waals surface area contributed by atoms with Crippen molar-refractivity contribution in [2.75, 3.05) is 19.8 Å². The van der Waals surface area contributed by atoms with Crippen LogP contribution in [0.2, 0.25) is 0 Å². The van der Waals surface area contributed by atoms with Crippen LogP contribution in [-0.2, 0) is 20.7 Å². The van der Waals surface area contributed by atoms with Crippen molar-refractivity contribution < 1.29 is 18.7 Å². The van der Waals surface area contributed by atoms with Gasteiger partial charge in [0, 0.05) is 19.6 Å². The lowest BCUT2D eigenvalue weighted by molar-refractivity contribution is -0.156. The number of halogens is 1. The molecule has 2 heterocycles. The first kappa shape index (κ1) is 20.0. The van der Waals surface area contributed by atoms with E-state index in [1.54, 1.807) is 12.1 Å². The Labute approximate surface area is 170 Å². The number of rotatable bonds is 4. The first-order valence-electron chi connectivity index (χ1n) is 10.2. The van der Waals surface area contributed by atoms with E-state index in [-0.39, 0.29) is 29.9 Å². The fraction of sp³-hybridized carbons (Fsp3) is 0.435. The minimum atomic E-state index is -0.584. The largest absolute Gasteiger partial charge is 0.377 e. The summed E-state index contributed by atoms with van der Waals surface area (Å²) < 4.78 is 25.1. The van der Waals surface area contributed by atoms with E-state index < -0.39 is 6.10 Å². The molecule has 1 saturated heterocycles. The van der Waals surface area contributed by atoms with Crippen molar-refractivity contribution in [2.45, 2.75) is 44.1 Å². The first-order chi connectivity index (χ1) is 14.1. The average Bonchev–Trinajstić information content (AvgIpc) is 2.75. The Kier molecular flexibility index (Phi) is 5.94. The smallest absolute Gasteiger partial charge is 0.252 e. The second kappa shape index (κ2) is 8.61. The van der Waals surface area contributed by atoms with Gasteiger partial charge >= 0.3 is 0 Å². The predicted molar refractivity (Wildman–Crippen MR) is 108 cm³/mol. The van der Waals surface area contributed by atoms with Crippen molar-refractivity contribution >= 4 is 5.91 Å². The molecule has 2 aliphatic heterocycles. The van der Waals surface area contributed by atoms with E-state index in [4.69, 9.17) is 15.2 Å². The molecule has 5 nitrogen and oxygen atoms in total. The standard InChI is InChI=1S/C23H27FN2O3/c1-2-28-20-13-21(29-14-19(20)25)23(27)26-12-11-15-5-3-4-6-18(15)22(26)16-7-9-17(24)10-8-16/h3-10,19-22H,2,11-14,25H2,1H3/t19-,20+,21-,22+/m1/s1. The van der Waals surface area contributed by atoms with Crippen LogP contribution in [0.1, 0.15) is 36.1 Å². The second-order valence-electron chi connectivity index (χ2n) is 7.65. The van der Waals surface area contributed by atoms with Crippen molar-refractivity contribution in [1.29, 1.82) is 0 Å². The molecule has 0 aliphatic carbocycles. The van der Waals surface area contributed by atoms with Crippen LogP contribution >= 0.6 is 0 Å². The summed E-state index contributed by atoms with van der Waals surface area (Å²) in [5.41, 5.74) is 9.27. The highest BCUT2D eigenvalue weighted by Crippen LogP contribution is 2.36. The van der Waals surface area contributed by atoms with Crippen LogP contribution in [0, 0.1) is 5.82 Å². The van der Waals surface area contributed by atoms with Crippen LogP contribution in [-0.4, -0.2) is 48.8 Å². The summed E-state index contributed by atoms with van der Waals surface area (Å²) in [4.78, 5) is 15.4. The van der Waals surface area contributed by atoms with Crippen molar-refractivity contribution in [3.8, 4) is 0 Å². The van der Waals surface area contributed by atoms with E-state index in [0.717, 1.165) is 17.5 Å². The molecule has 2 aliphatic rings. The molecule has 0 spiro atoms. The Balaban J connectivity index is 1.64. The van der Waals surface area contributed by atoms with Gasteiger partial charge in [-0.1, -0.05) is 36.4 Å². The van der Waals surface area contributed by atoms with Crippen LogP contribution in [0.4, 0.5) is 4.39 Å². The molecular weight excluding hydrogens is 371 g/mol. The number of fused-ring (bicyclic) bond motifs is 1. The summed E-state index contributed by atoms with van der Waals surface area (Å²) in [6.07, 6.45) is 0.451. The number of nitrogens with zero attached hydrogens (tertiary/aromatic N) is 1. The molecule has 4 atom stereocenters. The summed E-state index contributed by atoms with van der Waals surface area (Å²) in [7, 11) is 0. The Hall–Kier alpha value is -2.28. The summed E-state index contributed by atoms with van der Waals surface area (Å²) in [6.45, 7) is 3.36.